The molecule has 3 nitrogen and oxygen atoms in total. The van der Waals surface area contributed by atoms with Gasteiger partial charge >= 0.3 is 0 Å². The number of rotatable bonds is 4. The second-order valence-electron chi connectivity index (χ2n) is 3.49. The fourth-order valence-corrected chi connectivity index (χ4v) is 1.12. The first-order chi connectivity index (χ1) is 6.63. The lowest BCUT2D eigenvalue weighted by Crippen LogP contribution is -2.07. The largest absolute Gasteiger partial charge is 0.477 e. The Bertz CT molecular complexity index is 302. The molecule has 0 spiro atoms. The summed E-state index contributed by atoms with van der Waals surface area (Å²) in [6.07, 6.45) is 0. The summed E-state index contributed by atoms with van der Waals surface area (Å²) >= 11 is 5.86. The van der Waals surface area contributed by atoms with Crippen LogP contribution in [0, 0.1) is 5.92 Å². The van der Waals surface area contributed by atoms with Gasteiger partial charge in [-0.15, -0.1) is 0 Å². The van der Waals surface area contributed by atoms with E-state index in [9.17, 15) is 0 Å². The van der Waals surface area contributed by atoms with Crippen molar-refractivity contribution >= 4 is 11.6 Å². The number of ether oxygens (including phenoxy) is 1. The molecule has 78 valence electrons. The van der Waals surface area contributed by atoms with Crippen LogP contribution in [0.2, 0.25) is 5.02 Å². The lowest BCUT2D eigenvalue weighted by Gasteiger charge is -2.09. The van der Waals surface area contributed by atoms with E-state index < -0.39 is 0 Å². The molecule has 0 aliphatic heterocycles. The molecular formula is C10H15ClN2O. The molecule has 0 fully saturated rings. The van der Waals surface area contributed by atoms with E-state index >= 15 is 0 Å². The van der Waals surface area contributed by atoms with Crippen LogP contribution in [0.25, 0.3) is 0 Å². The molecule has 1 heterocycles. The van der Waals surface area contributed by atoms with E-state index in [1.54, 1.807) is 12.1 Å². The average molecular weight is 215 g/mol. The van der Waals surface area contributed by atoms with Crippen molar-refractivity contribution in [1.82, 2.24) is 4.98 Å². The zero-order chi connectivity index (χ0) is 10.6. The molecule has 2 N–H and O–H groups in total. The van der Waals surface area contributed by atoms with Crippen molar-refractivity contribution in [1.29, 1.82) is 0 Å². The van der Waals surface area contributed by atoms with Gasteiger partial charge in [0.1, 0.15) is 0 Å². The summed E-state index contributed by atoms with van der Waals surface area (Å²) < 4.78 is 5.44. The van der Waals surface area contributed by atoms with Crippen LogP contribution in [0.1, 0.15) is 19.5 Å². The Morgan fingerprint density at radius 3 is 2.79 bits per heavy atom. The number of nitrogens with zero attached hydrogens (tertiary/aromatic N) is 1. The first-order valence-electron chi connectivity index (χ1n) is 4.61. The molecule has 0 radical (unpaired) electrons. The molecule has 1 aromatic heterocycles. The fourth-order valence-electron chi connectivity index (χ4n) is 0.940. The highest BCUT2D eigenvalue weighted by molar-refractivity contribution is 6.31. The van der Waals surface area contributed by atoms with Crippen molar-refractivity contribution in [3.63, 3.8) is 0 Å². The summed E-state index contributed by atoms with van der Waals surface area (Å²) in [7, 11) is 0. The van der Waals surface area contributed by atoms with Gasteiger partial charge in [-0.3, -0.25) is 0 Å². The molecule has 1 aromatic rings. The molecule has 0 bridgehead atoms. The summed E-state index contributed by atoms with van der Waals surface area (Å²) in [5.41, 5.74) is 6.15. The molecule has 0 aliphatic carbocycles. The number of hydrogen-bond acceptors (Lipinski definition) is 3. The molecule has 0 aliphatic rings. The number of pyridine rings is 1. The van der Waals surface area contributed by atoms with Crippen molar-refractivity contribution in [2.24, 2.45) is 11.7 Å². The van der Waals surface area contributed by atoms with E-state index in [0.29, 0.717) is 35.7 Å². The normalized spacial score (nSPS) is 10.6. The van der Waals surface area contributed by atoms with Gasteiger partial charge in [0.15, 0.2) is 0 Å². The van der Waals surface area contributed by atoms with Gasteiger partial charge in [0, 0.05) is 12.6 Å². The lowest BCUT2D eigenvalue weighted by molar-refractivity contribution is 0.260. The molecule has 0 amide bonds. The van der Waals surface area contributed by atoms with Gasteiger partial charge in [0.25, 0.3) is 0 Å². The van der Waals surface area contributed by atoms with Crippen LogP contribution >= 0.6 is 11.6 Å². The number of aromatic nitrogens is 1. The number of hydrogen-bond donors (Lipinski definition) is 1. The third kappa shape index (κ3) is 3.16. The molecular weight excluding hydrogens is 200 g/mol. The maximum atomic E-state index is 5.86. The van der Waals surface area contributed by atoms with E-state index in [-0.39, 0.29) is 0 Å². The third-order valence-corrected chi connectivity index (χ3v) is 2.00. The maximum Gasteiger partial charge on any atom is 0.213 e. The maximum absolute atomic E-state index is 5.86. The Morgan fingerprint density at radius 1 is 1.50 bits per heavy atom. The van der Waals surface area contributed by atoms with Gasteiger partial charge in [-0.1, -0.05) is 25.4 Å². The second kappa shape index (κ2) is 5.17. The zero-order valence-electron chi connectivity index (χ0n) is 8.46. The topological polar surface area (TPSA) is 48.1 Å². The lowest BCUT2D eigenvalue weighted by atomic mass is 10.2. The summed E-state index contributed by atoms with van der Waals surface area (Å²) in [6, 6.07) is 3.51. The smallest absolute Gasteiger partial charge is 0.213 e. The highest BCUT2D eigenvalue weighted by Crippen LogP contribution is 2.17. The Kier molecular flexibility index (Phi) is 4.17. The molecule has 0 atom stereocenters. The van der Waals surface area contributed by atoms with Crippen molar-refractivity contribution in [2.75, 3.05) is 6.61 Å². The highest BCUT2D eigenvalue weighted by Gasteiger charge is 2.03. The van der Waals surface area contributed by atoms with Gasteiger partial charge in [0.05, 0.1) is 17.3 Å². The van der Waals surface area contributed by atoms with Crippen molar-refractivity contribution in [2.45, 2.75) is 20.4 Å². The van der Waals surface area contributed by atoms with E-state index in [1.807, 2.05) is 0 Å². The number of nitrogens with two attached hydrogens (primary N) is 1. The minimum absolute atomic E-state index is 0.331. The second-order valence-corrected chi connectivity index (χ2v) is 3.89. The molecule has 0 aromatic carbocycles. The van der Waals surface area contributed by atoms with E-state index in [1.165, 1.54) is 0 Å². The van der Waals surface area contributed by atoms with Gasteiger partial charge < -0.3 is 10.5 Å². The van der Waals surface area contributed by atoms with E-state index in [2.05, 4.69) is 18.8 Å². The van der Waals surface area contributed by atoms with Crippen LogP contribution < -0.4 is 10.5 Å². The van der Waals surface area contributed by atoms with Crippen molar-refractivity contribution in [3.8, 4) is 5.88 Å². The summed E-state index contributed by atoms with van der Waals surface area (Å²) in [5.74, 6) is 1.07. The highest BCUT2D eigenvalue weighted by atomic mass is 35.5. The molecule has 4 heteroatoms. The van der Waals surface area contributed by atoms with Gasteiger partial charge in [0.2, 0.25) is 5.88 Å². The predicted octanol–water partition coefficient (Wildman–Crippen LogP) is 2.23. The minimum atomic E-state index is 0.331. The van der Waals surface area contributed by atoms with E-state index in [0.717, 1.165) is 0 Å². The first-order valence-corrected chi connectivity index (χ1v) is 4.99. The van der Waals surface area contributed by atoms with E-state index in [4.69, 9.17) is 22.1 Å². The quantitative estimate of drug-likeness (QED) is 0.836. The van der Waals surface area contributed by atoms with Crippen LogP contribution in [0.5, 0.6) is 5.88 Å². The van der Waals surface area contributed by atoms with Gasteiger partial charge in [-0.05, 0) is 12.0 Å². The predicted molar refractivity (Wildman–Crippen MR) is 57.5 cm³/mol. The molecule has 0 unspecified atom stereocenters. The Morgan fingerprint density at radius 2 is 2.21 bits per heavy atom. The third-order valence-electron chi connectivity index (χ3n) is 1.65. The molecule has 14 heavy (non-hydrogen) atoms. The van der Waals surface area contributed by atoms with Crippen LogP contribution in [-0.2, 0) is 6.54 Å². The molecule has 1 rings (SSSR count). The summed E-state index contributed by atoms with van der Waals surface area (Å²) in [5, 5.41) is 0.587. The van der Waals surface area contributed by atoms with Gasteiger partial charge in [-0.2, -0.15) is 0 Å². The SMILES string of the molecule is CC(C)COc1ccc(Cl)c(CN)n1. The number of halogens is 1. The Labute approximate surface area is 89.2 Å². The minimum Gasteiger partial charge on any atom is -0.477 e. The standard InChI is InChI=1S/C10H15ClN2O/c1-7(2)6-14-10-4-3-8(11)9(5-12)13-10/h3-4,7H,5-6,12H2,1-2H3. The Balaban J connectivity index is 2.69. The van der Waals surface area contributed by atoms with Crippen LogP contribution in [0.4, 0.5) is 0 Å². The first kappa shape index (κ1) is 11.3. The molecule has 0 saturated heterocycles. The monoisotopic (exact) mass is 214 g/mol. The van der Waals surface area contributed by atoms with Crippen LogP contribution in [0.3, 0.4) is 0 Å². The summed E-state index contributed by atoms with van der Waals surface area (Å²) in [6.45, 7) is 5.15. The van der Waals surface area contributed by atoms with Crippen molar-refractivity contribution in [3.05, 3.63) is 22.8 Å². The molecule has 0 saturated carbocycles. The zero-order valence-corrected chi connectivity index (χ0v) is 9.21. The fraction of sp³-hybridized carbons (Fsp3) is 0.500. The Hall–Kier alpha value is -0.800. The van der Waals surface area contributed by atoms with Gasteiger partial charge in [-0.25, -0.2) is 4.98 Å². The van der Waals surface area contributed by atoms with Crippen LogP contribution in [-0.4, -0.2) is 11.6 Å². The average Bonchev–Trinajstić information content (AvgIpc) is 2.16. The van der Waals surface area contributed by atoms with Crippen molar-refractivity contribution < 1.29 is 4.74 Å². The summed E-state index contributed by atoms with van der Waals surface area (Å²) in [4.78, 5) is 4.18. The van der Waals surface area contributed by atoms with Crippen LogP contribution in [0.15, 0.2) is 12.1 Å².